The minimum atomic E-state index is -0.232. The highest BCUT2D eigenvalue weighted by atomic mass is 32.2. The highest BCUT2D eigenvalue weighted by molar-refractivity contribution is 7.99. The topological polar surface area (TPSA) is 34.0 Å². The van der Waals surface area contributed by atoms with E-state index in [2.05, 4.69) is 36.1 Å². The number of hydrogen-bond acceptors (Lipinski definition) is 5. The third-order valence-electron chi connectivity index (χ3n) is 5.09. The van der Waals surface area contributed by atoms with Crippen LogP contribution in [0.2, 0.25) is 0 Å². The van der Waals surface area contributed by atoms with Crippen LogP contribution in [0, 0.1) is 5.82 Å². The van der Waals surface area contributed by atoms with Crippen LogP contribution in [0.1, 0.15) is 26.5 Å². The summed E-state index contributed by atoms with van der Waals surface area (Å²) < 4.78 is 15.5. The van der Waals surface area contributed by atoms with Gasteiger partial charge in [0.15, 0.2) is 17.4 Å². The van der Waals surface area contributed by atoms with Gasteiger partial charge >= 0.3 is 0 Å². The van der Waals surface area contributed by atoms with Crippen molar-refractivity contribution in [3.8, 4) is 21.8 Å². The molecule has 0 bridgehead atoms. The molecule has 1 fully saturated rings. The fourth-order valence-corrected chi connectivity index (χ4v) is 5.39. The molecule has 1 saturated heterocycles. The Bertz CT molecular complexity index is 956. The average Bonchev–Trinajstić information content (AvgIpc) is 3.34. The molecule has 4 nitrogen and oxygen atoms in total. The number of thioether (sulfide) groups is 1. The summed E-state index contributed by atoms with van der Waals surface area (Å²) in [5.74, 6) is 2.23. The maximum absolute atomic E-state index is 13.5. The van der Waals surface area contributed by atoms with Crippen LogP contribution in [0.25, 0.3) is 21.8 Å². The lowest BCUT2D eigenvalue weighted by Gasteiger charge is -2.25. The van der Waals surface area contributed by atoms with Gasteiger partial charge in [-0.3, -0.25) is 4.68 Å². The molecule has 0 amide bonds. The van der Waals surface area contributed by atoms with E-state index in [1.54, 1.807) is 11.3 Å². The van der Waals surface area contributed by atoms with E-state index in [4.69, 9.17) is 4.98 Å². The zero-order valence-corrected chi connectivity index (χ0v) is 18.8. The first-order chi connectivity index (χ1) is 13.9. The van der Waals surface area contributed by atoms with Gasteiger partial charge in [-0.2, -0.15) is 16.9 Å². The number of nitrogens with zero attached hydrogens (tertiary/aromatic N) is 4. The van der Waals surface area contributed by atoms with Gasteiger partial charge in [-0.15, -0.1) is 11.3 Å². The van der Waals surface area contributed by atoms with E-state index in [0.29, 0.717) is 0 Å². The van der Waals surface area contributed by atoms with Crippen LogP contribution < -0.4 is 0 Å². The van der Waals surface area contributed by atoms with Gasteiger partial charge < -0.3 is 4.90 Å². The summed E-state index contributed by atoms with van der Waals surface area (Å²) in [6, 6.07) is 6.65. The zero-order valence-electron chi connectivity index (χ0n) is 17.2. The molecule has 30 heavy (non-hydrogen) atoms. The minimum Gasteiger partial charge on any atom is -0.301 e. The molecule has 160 valence electrons. The maximum atomic E-state index is 13.5. The summed E-state index contributed by atoms with van der Waals surface area (Å²) >= 11 is 3.70. The van der Waals surface area contributed by atoms with Crippen LogP contribution >= 0.6 is 23.1 Å². The van der Waals surface area contributed by atoms with Crippen molar-refractivity contribution in [1.82, 2.24) is 19.7 Å². The Balaban J connectivity index is 0.00000256. The van der Waals surface area contributed by atoms with Crippen molar-refractivity contribution in [1.29, 1.82) is 0 Å². The van der Waals surface area contributed by atoms with E-state index in [-0.39, 0.29) is 28.7 Å². The smallest absolute Gasteiger partial charge is 0.187 e. The molecular formula is C22H30AlFN4S2. The molecular weight excluding hydrogens is 430 g/mol. The predicted octanol–water partition coefficient (Wildman–Crippen LogP) is 3.98. The molecule has 3 heterocycles. The number of benzene rings is 1. The van der Waals surface area contributed by atoms with Gasteiger partial charge in [-0.25, -0.2) is 9.37 Å². The molecule has 0 radical (unpaired) electrons. The second-order valence-electron chi connectivity index (χ2n) is 8.34. The number of aromatic nitrogens is 3. The van der Waals surface area contributed by atoms with Gasteiger partial charge in [0.1, 0.15) is 10.8 Å². The Kier molecular flexibility index (Phi) is 7.81. The SMILES string of the molecule is CC(C)(C)n1ncc(-c2nc(CCN3CCSCC3)cs2)c1-c1ccc(F)cc1.[AlH3]. The van der Waals surface area contributed by atoms with Crippen molar-refractivity contribution in [3.63, 3.8) is 0 Å². The quantitative estimate of drug-likeness (QED) is 0.540. The van der Waals surface area contributed by atoms with Crippen molar-refractivity contribution in [2.24, 2.45) is 0 Å². The first kappa shape index (κ1) is 23.5. The maximum Gasteiger partial charge on any atom is 0.187 e. The molecule has 0 N–H and O–H groups in total. The fourth-order valence-electron chi connectivity index (χ4n) is 3.54. The van der Waals surface area contributed by atoms with E-state index in [1.807, 2.05) is 34.8 Å². The second kappa shape index (κ2) is 9.97. The molecule has 1 aliphatic heterocycles. The standard InChI is InChI=1S/C22H27FN4S2.Al.3H/c1-22(2,3)27-20(16-4-6-17(23)7-5-16)19(14-24-27)21-25-18(15-29-21)8-9-26-10-12-28-13-11-26;;;;/h4-7,14-15H,8-13H2,1-3H3;;;;. The Morgan fingerprint density at radius 3 is 2.47 bits per heavy atom. The molecule has 0 unspecified atom stereocenters. The molecule has 3 aromatic rings. The van der Waals surface area contributed by atoms with Crippen molar-refractivity contribution in [2.75, 3.05) is 31.1 Å². The van der Waals surface area contributed by atoms with Crippen LogP contribution in [0.15, 0.2) is 35.8 Å². The summed E-state index contributed by atoms with van der Waals surface area (Å²) in [4.78, 5) is 7.45. The van der Waals surface area contributed by atoms with Crippen LogP contribution in [0.5, 0.6) is 0 Å². The molecule has 0 spiro atoms. The minimum absolute atomic E-state index is 0. The fraction of sp³-hybridized carbons (Fsp3) is 0.455. The van der Waals surface area contributed by atoms with Crippen LogP contribution in [0.4, 0.5) is 4.39 Å². The lowest BCUT2D eigenvalue weighted by atomic mass is 10.0. The molecule has 0 aliphatic carbocycles. The molecule has 0 atom stereocenters. The zero-order chi connectivity index (χ0) is 20.4. The molecule has 1 aliphatic rings. The first-order valence-corrected chi connectivity index (χ1v) is 12.0. The Labute approximate surface area is 197 Å². The molecule has 8 heteroatoms. The van der Waals surface area contributed by atoms with Crippen LogP contribution in [0.3, 0.4) is 0 Å². The van der Waals surface area contributed by atoms with Gasteiger partial charge in [0.25, 0.3) is 0 Å². The summed E-state index contributed by atoms with van der Waals surface area (Å²) in [7, 11) is 0. The summed E-state index contributed by atoms with van der Waals surface area (Å²) in [5.41, 5.74) is 3.91. The van der Waals surface area contributed by atoms with Gasteiger partial charge in [0.05, 0.1) is 28.7 Å². The largest absolute Gasteiger partial charge is 0.301 e. The lowest BCUT2D eigenvalue weighted by molar-refractivity contribution is 0.306. The van der Waals surface area contributed by atoms with Crippen molar-refractivity contribution >= 4 is 40.5 Å². The molecule has 0 saturated carbocycles. The normalized spacial score (nSPS) is 15.2. The van der Waals surface area contributed by atoms with Crippen molar-refractivity contribution in [2.45, 2.75) is 32.7 Å². The first-order valence-electron chi connectivity index (χ1n) is 10.0. The number of thiazole rings is 1. The third-order valence-corrected chi connectivity index (χ3v) is 6.96. The van der Waals surface area contributed by atoms with E-state index >= 15 is 0 Å². The lowest BCUT2D eigenvalue weighted by Crippen LogP contribution is -2.34. The predicted molar refractivity (Wildman–Crippen MR) is 131 cm³/mol. The molecule has 1 aromatic carbocycles. The summed E-state index contributed by atoms with van der Waals surface area (Å²) in [5, 5.41) is 7.81. The highest BCUT2D eigenvalue weighted by Crippen LogP contribution is 2.36. The Morgan fingerprint density at radius 1 is 1.10 bits per heavy atom. The van der Waals surface area contributed by atoms with Gasteiger partial charge in [-0.05, 0) is 45.0 Å². The van der Waals surface area contributed by atoms with Gasteiger partial charge in [0, 0.05) is 48.5 Å². The summed E-state index contributed by atoms with van der Waals surface area (Å²) in [6.07, 6.45) is 2.87. The highest BCUT2D eigenvalue weighted by Gasteiger charge is 2.24. The van der Waals surface area contributed by atoms with E-state index < -0.39 is 0 Å². The van der Waals surface area contributed by atoms with Crippen LogP contribution in [-0.4, -0.2) is 68.2 Å². The van der Waals surface area contributed by atoms with E-state index in [0.717, 1.165) is 40.5 Å². The van der Waals surface area contributed by atoms with Crippen molar-refractivity contribution in [3.05, 3.63) is 47.4 Å². The molecule has 2 aromatic heterocycles. The number of halogens is 1. The Morgan fingerprint density at radius 2 is 1.80 bits per heavy atom. The van der Waals surface area contributed by atoms with Crippen LogP contribution in [-0.2, 0) is 12.0 Å². The Hall–Kier alpha value is -1.17. The second-order valence-corrected chi connectivity index (χ2v) is 10.4. The van der Waals surface area contributed by atoms with Gasteiger partial charge in [-0.1, -0.05) is 0 Å². The number of rotatable bonds is 5. The monoisotopic (exact) mass is 460 g/mol. The number of hydrogen-bond donors (Lipinski definition) is 0. The molecule has 4 rings (SSSR count). The summed E-state index contributed by atoms with van der Waals surface area (Å²) in [6.45, 7) is 9.79. The average molecular weight is 461 g/mol. The van der Waals surface area contributed by atoms with E-state index in [1.165, 1.54) is 36.7 Å². The third kappa shape index (κ3) is 5.35. The van der Waals surface area contributed by atoms with Crippen molar-refractivity contribution < 1.29 is 4.39 Å². The van der Waals surface area contributed by atoms with Gasteiger partial charge in [0.2, 0.25) is 0 Å². The van der Waals surface area contributed by atoms with E-state index in [9.17, 15) is 4.39 Å².